The highest BCUT2D eigenvalue weighted by atomic mass is 16.6. The third-order valence-electron chi connectivity index (χ3n) is 5.50. The molecule has 0 fully saturated rings. The van der Waals surface area contributed by atoms with E-state index in [0.29, 0.717) is 12.2 Å². The van der Waals surface area contributed by atoms with Crippen molar-refractivity contribution in [1.82, 2.24) is 14.9 Å². The van der Waals surface area contributed by atoms with Crippen molar-refractivity contribution in [3.63, 3.8) is 0 Å². The van der Waals surface area contributed by atoms with E-state index in [2.05, 4.69) is 38.4 Å². The second-order valence-electron chi connectivity index (χ2n) is 7.79. The molecule has 0 spiro atoms. The maximum Gasteiger partial charge on any atom is 0.293 e. The van der Waals surface area contributed by atoms with Crippen LogP contribution in [0.5, 0.6) is 0 Å². The van der Waals surface area contributed by atoms with E-state index in [1.807, 2.05) is 43.5 Å². The molecule has 8 heteroatoms. The first-order valence-corrected chi connectivity index (χ1v) is 10.8. The first-order valence-electron chi connectivity index (χ1n) is 10.8. The molecule has 2 N–H and O–H groups in total. The number of nitro groups is 1. The Bertz CT molecular complexity index is 1270. The second-order valence-corrected chi connectivity index (χ2v) is 7.79. The summed E-state index contributed by atoms with van der Waals surface area (Å²) in [6, 6.07) is 20.0. The fraction of sp³-hybridized carbons (Fsp3) is 0.200. The van der Waals surface area contributed by atoms with Gasteiger partial charge in [0.15, 0.2) is 0 Å². The number of rotatable bonds is 9. The lowest BCUT2D eigenvalue weighted by atomic mass is 10.1. The highest BCUT2D eigenvalue weighted by Crippen LogP contribution is 2.29. The number of nitro benzene ring substituents is 1. The average Bonchev–Trinajstić information content (AvgIpc) is 3.25. The minimum atomic E-state index is -0.485. The van der Waals surface area contributed by atoms with Crippen molar-refractivity contribution in [2.45, 2.75) is 25.9 Å². The molecule has 33 heavy (non-hydrogen) atoms. The lowest BCUT2D eigenvalue weighted by molar-refractivity contribution is -0.384. The lowest BCUT2D eigenvalue weighted by Crippen LogP contribution is -2.25. The maximum absolute atomic E-state index is 12.6. The summed E-state index contributed by atoms with van der Waals surface area (Å²) in [6.07, 6.45) is 4.45. The van der Waals surface area contributed by atoms with Crippen LogP contribution in [0.1, 0.15) is 35.4 Å². The Balaban J connectivity index is 1.37. The maximum atomic E-state index is 12.6. The Morgan fingerprint density at radius 1 is 1.12 bits per heavy atom. The quantitative estimate of drug-likeness (QED) is 0.217. The summed E-state index contributed by atoms with van der Waals surface area (Å²) >= 11 is 0. The molecule has 8 nitrogen and oxygen atoms in total. The molecule has 4 aromatic rings. The van der Waals surface area contributed by atoms with Crippen molar-refractivity contribution in [2.24, 2.45) is 0 Å². The second kappa shape index (κ2) is 9.95. The molecule has 2 aromatic heterocycles. The molecule has 0 radical (unpaired) electrons. The van der Waals surface area contributed by atoms with Crippen molar-refractivity contribution in [3.05, 3.63) is 100 Å². The molecule has 0 aliphatic carbocycles. The van der Waals surface area contributed by atoms with Crippen LogP contribution in [0.2, 0.25) is 0 Å². The number of nitrogens with zero attached hydrogens (tertiary/aromatic N) is 3. The van der Waals surface area contributed by atoms with E-state index in [0.717, 1.165) is 24.2 Å². The van der Waals surface area contributed by atoms with Crippen molar-refractivity contribution < 1.29 is 9.72 Å². The molecule has 0 aliphatic heterocycles. The number of carbonyl (C=O) groups excluding carboxylic acids is 1. The smallest absolute Gasteiger partial charge is 0.293 e. The number of para-hydroxylation sites is 1. The summed E-state index contributed by atoms with van der Waals surface area (Å²) in [5.74, 6) is -0.334. The molecular formula is C25H25N5O3. The molecular weight excluding hydrogens is 418 g/mol. The van der Waals surface area contributed by atoms with Crippen LogP contribution in [0.3, 0.4) is 0 Å². The van der Waals surface area contributed by atoms with Gasteiger partial charge in [0.25, 0.3) is 11.6 Å². The summed E-state index contributed by atoms with van der Waals surface area (Å²) in [4.78, 5) is 28.0. The standard InChI is InChI=1S/C25H25N5O3/c1-18(21-8-4-5-13-26-21)28-22-11-10-20(17-24(22)30(32)33)25(31)27-14-6-15-29-16-12-19-7-2-3-9-23(19)29/h2-5,7-13,16-18,28H,6,14-15H2,1H3,(H,27,31). The number of amides is 1. The fourth-order valence-corrected chi connectivity index (χ4v) is 3.77. The van der Waals surface area contributed by atoms with Gasteiger partial charge in [0, 0.05) is 42.6 Å². The van der Waals surface area contributed by atoms with Crippen molar-refractivity contribution in [3.8, 4) is 0 Å². The van der Waals surface area contributed by atoms with Gasteiger partial charge in [0.1, 0.15) is 5.69 Å². The van der Waals surface area contributed by atoms with Gasteiger partial charge >= 0.3 is 0 Å². The zero-order chi connectivity index (χ0) is 23.2. The molecule has 1 unspecified atom stereocenters. The van der Waals surface area contributed by atoms with E-state index in [1.54, 1.807) is 18.3 Å². The first kappa shape index (κ1) is 22.0. The van der Waals surface area contributed by atoms with Crippen molar-refractivity contribution in [2.75, 3.05) is 11.9 Å². The fourth-order valence-electron chi connectivity index (χ4n) is 3.77. The molecule has 0 aliphatic rings. The zero-order valence-electron chi connectivity index (χ0n) is 18.3. The largest absolute Gasteiger partial charge is 0.371 e. The van der Waals surface area contributed by atoms with E-state index >= 15 is 0 Å². The summed E-state index contributed by atoms with van der Waals surface area (Å²) in [7, 11) is 0. The number of anilines is 1. The van der Waals surface area contributed by atoms with Crippen LogP contribution in [-0.4, -0.2) is 26.9 Å². The Labute approximate surface area is 191 Å². The van der Waals surface area contributed by atoms with Gasteiger partial charge in [0.2, 0.25) is 0 Å². The van der Waals surface area contributed by atoms with Crippen LogP contribution in [0.4, 0.5) is 11.4 Å². The number of carbonyl (C=O) groups is 1. The van der Waals surface area contributed by atoms with E-state index < -0.39 is 4.92 Å². The van der Waals surface area contributed by atoms with Gasteiger partial charge < -0.3 is 15.2 Å². The molecule has 0 bridgehead atoms. The normalized spacial score (nSPS) is 11.8. The third-order valence-corrected chi connectivity index (χ3v) is 5.50. The van der Waals surface area contributed by atoms with Crippen LogP contribution in [0.15, 0.2) is 79.1 Å². The van der Waals surface area contributed by atoms with Gasteiger partial charge in [-0.05, 0) is 55.1 Å². The van der Waals surface area contributed by atoms with Crippen LogP contribution in [-0.2, 0) is 6.54 Å². The minimum Gasteiger partial charge on any atom is -0.371 e. The number of aromatic nitrogens is 2. The molecule has 0 saturated carbocycles. The molecule has 4 rings (SSSR count). The topological polar surface area (TPSA) is 102 Å². The van der Waals surface area contributed by atoms with Crippen molar-refractivity contribution >= 4 is 28.2 Å². The van der Waals surface area contributed by atoms with Gasteiger partial charge in [-0.3, -0.25) is 19.9 Å². The predicted octanol–water partition coefficient (Wildman–Crippen LogP) is 4.94. The number of benzene rings is 2. The van der Waals surface area contributed by atoms with Crippen LogP contribution in [0.25, 0.3) is 10.9 Å². The van der Waals surface area contributed by atoms with E-state index in [9.17, 15) is 14.9 Å². The Morgan fingerprint density at radius 3 is 2.73 bits per heavy atom. The number of nitrogens with one attached hydrogen (secondary N) is 2. The summed E-state index contributed by atoms with van der Waals surface area (Å²) in [6.45, 7) is 3.11. The van der Waals surface area contributed by atoms with Crippen LogP contribution in [0, 0.1) is 10.1 Å². The highest BCUT2D eigenvalue weighted by Gasteiger charge is 2.19. The number of fused-ring (bicyclic) bond motifs is 1. The predicted molar refractivity (Wildman–Crippen MR) is 128 cm³/mol. The van der Waals surface area contributed by atoms with Gasteiger partial charge in [-0.1, -0.05) is 24.3 Å². The number of hydrogen-bond donors (Lipinski definition) is 2. The van der Waals surface area contributed by atoms with Crippen LogP contribution >= 0.6 is 0 Å². The van der Waals surface area contributed by atoms with E-state index in [4.69, 9.17) is 0 Å². The van der Waals surface area contributed by atoms with E-state index in [-0.39, 0.29) is 23.2 Å². The Hall–Kier alpha value is -4.20. The number of hydrogen-bond acceptors (Lipinski definition) is 5. The van der Waals surface area contributed by atoms with Gasteiger partial charge in [-0.2, -0.15) is 0 Å². The Morgan fingerprint density at radius 2 is 1.94 bits per heavy atom. The van der Waals surface area contributed by atoms with Gasteiger partial charge in [0.05, 0.1) is 16.7 Å². The summed E-state index contributed by atoms with van der Waals surface area (Å²) in [5, 5.41) is 18.8. The third kappa shape index (κ3) is 5.17. The monoisotopic (exact) mass is 443 g/mol. The summed E-state index contributed by atoms with van der Waals surface area (Å²) in [5.41, 5.74) is 2.37. The number of aryl methyl sites for hydroxylation is 1. The molecule has 168 valence electrons. The molecule has 1 amide bonds. The number of pyridine rings is 1. The Kier molecular flexibility index (Phi) is 6.64. The SMILES string of the molecule is CC(Nc1ccc(C(=O)NCCCn2ccc3ccccc32)cc1[N+](=O)[O-])c1ccccn1. The zero-order valence-corrected chi connectivity index (χ0v) is 18.3. The van der Waals surface area contributed by atoms with E-state index in [1.165, 1.54) is 11.5 Å². The highest BCUT2D eigenvalue weighted by molar-refractivity contribution is 5.95. The lowest BCUT2D eigenvalue weighted by Gasteiger charge is -2.15. The minimum absolute atomic E-state index is 0.149. The van der Waals surface area contributed by atoms with Gasteiger partial charge in [-0.15, -0.1) is 0 Å². The van der Waals surface area contributed by atoms with Gasteiger partial charge in [-0.25, -0.2) is 0 Å². The summed E-state index contributed by atoms with van der Waals surface area (Å²) < 4.78 is 2.15. The molecule has 2 aromatic carbocycles. The molecule has 0 saturated heterocycles. The molecule has 2 heterocycles. The first-order chi connectivity index (χ1) is 16.0. The average molecular weight is 444 g/mol. The van der Waals surface area contributed by atoms with Crippen molar-refractivity contribution in [1.29, 1.82) is 0 Å². The molecule has 1 atom stereocenters. The van der Waals surface area contributed by atoms with Crippen LogP contribution < -0.4 is 10.6 Å².